The molecule has 0 saturated heterocycles. The highest BCUT2D eigenvalue weighted by Crippen LogP contribution is 2.16. The van der Waals surface area contributed by atoms with Crippen LogP contribution in [0.15, 0.2) is 53.3 Å². The summed E-state index contributed by atoms with van der Waals surface area (Å²) in [5.41, 5.74) is 2.73. The molecule has 3 rings (SSSR count). The van der Waals surface area contributed by atoms with Crippen molar-refractivity contribution in [3.63, 3.8) is 0 Å². The van der Waals surface area contributed by atoms with Gasteiger partial charge in [-0.1, -0.05) is 30.3 Å². The molecule has 0 unspecified atom stereocenters. The zero-order chi connectivity index (χ0) is 18.0. The van der Waals surface area contributed by atoms with Crippen LogP contribution in [0, 0.1) is 11.3 Å². The van der Waals surface area contributed by atoms with Crippen LogP contribution >= 0.6 is 0 Å². The number of nitriles is 1. The van der Waals surface area contributed by atoms with Gasteiger partial charge in [0.15, 0.2) is 0 Å². The third-order valence-corrected chi connectivity index (χ3v) is 4.28. The van der Waals surface area contributed by atoms with E-state index in [0.29, 0.717) is 17.6 Å². The molecule has 1 heterocycles. The number of imidazole rings is 1. The SMILES string of the molecule is Cn1c(=O)n(C)c2cc(C(=O)N(CC#N)Cc3ccccc3)ccc21. The molecule has 6 heteroatoms. The smallest absolute Gasteiger partial charge is 0.321 e. The first-order chi connectivity index (χ1) is 12.0. The largest absolute Gasteiger partial charge is 0.328 e. The maximum Gasteiger partial charge on any atom is 0.328 e. The highest BCUT2D eigenvalue weighted by Gasteiger charge is 2.18. The van der Waals surface area contributed by atoms with Crippen LogP contribution < -0.4 is 5.69 Å². The van der Waals surface area contributed by atoms with E-state index in [0.717, 1.165) is 11.1 Å². The van der Waals surface area contributed by atoms with Crippen molar-refractivity contribution in [1.29, 1.82) is 5.26 Å². The molecule has 0 aliphatic heterocycles. The Kier molecular flexibility index (Phi) is 4.40. The van der Waals surface area contributed by atoms with Gasteiger partial charge in [-0.2, -0.15) is 5.26 Å². The Morgan fingerprint density at radius 1 is 1.08 bits per heavy atom. The standard InChI is InChI=1S/C19H18N4O2/c1-21-16-9-8-15(12-17(16)22(2)19(21)25)18(24)23(11-10-20)13-14-6-4-3-5-7-14/h3-9,12H,11,13H2,1-2H3. The van der Waals surface area contributed by atoms with Crippen molar-refractivity contribution in [2.75, 3.05) is 6.54 Å². The first kappa shape index (κ1) is 16.5. The molecular weight excluding hydrogens is 316 g/mol. The molecule has 0 radical (unpaired) electrons. The molecule has 126 valence electrons. The van der Waals surface area contributed by atoms with Gasteiger partial charge < -0.3 is 4.90 Å². The number of carbonyl (C=O) groups is 1. The first-order valence-corrected chi connectivity index (χ1v) is 7.88. The highest BCUT2D eigenvalue weighted by atomic mass is 16.2. The Hall–Kier alpha value is -3.33. The lowest BCUT2D eigenvalue weighted by Gasteiger charge is -2.20. The zero-order valence-corrected chi connectivity index (χ0v) is 14.1. The Balaban J connectivity index is 1.97. The second-order valence-corrected chi connectivity index (χ2v) is 5.91. The molecule has 25 heavy (non-hydrogen) atoms. The Morgan fingerprint density at radius 2 is 1.76 bits per heavy atom. The first-order valence-electron chi connectivity index (χ1n) is 7.88. The van der Waals surface area contributed by atoms with Gasteiger partial charge in [-0.25, -0.2) is 4.79 Å². The molecule has 0 aliphatic rings. The fraction of sp³-hybridized carbons (Fsp3) is 0.211. The van der Waals surface area contributed by atoms with E-state index in [1.165, 1.54) is 9.47 Å². The third kappa shape index (κ3) is 3.04. The minimum Gasteiger partial charge on any atom is -0.321 e. The van der Waals surface area contributed by atoms with E-state index in [-0.39, 0.29) is 18.1 Å². The molecule has 0 fully saturated rings. The van der Waals surface area contributed by atoms with Gasteiger partial charge in [-0.05, 0) is 23.8 Å². The van der Waals surface area contributed by atoms with Gasteiger partial charge in [-0.3, -0.25) is 13.9 Å². The maximum atomic E-state index is 12.9. The topological polar surface area (TPSA) is 71.0 Å². The Morgan fingerprint density at radius 3 is 2.44 bits per heavy atom. The number of amides is 1. The monoisotopic (exact) mass is 334 g/mol. The van der Waals surface area contributed by atoms with Crippen LogP contribution in [-0.2, 0) is 20.6 Å². The van der Waals surface area contributed by atoms with Crippen molar-refractivity contribution in [3.05, 3.63) is 70.1 Å². The molecule has 0 N–H and O–H groups in total. The van der Waals surface area contributed by atoms with E-state index < -0.39 is 0 Å². The van der Waals surface area contributed by atoms with E-state index >= 15 is 0 Å². The fourth-order valence-electron chi connectivity index (χ4n) is 2.91. The van der Waals surface area contributed by atoms with Crippen molar-refractivity contribution in [2.45, 2.75) is 6.54 Å². The number of aryl methyl sites for hydroxylation is 2. The Labute approximate surface area is 145 Å². The lowest BCUT2D eigenvalue weighted by molar-refractivity contribution is 0.0765. The lowest BCUT2D eigenvalue weighted by atomic mass is 10.1. The number of fused-ring (bicyclic) bond motifs is 1. The van der Waals surface area contributed by atoms with Gasteiger partial charge in [0.1, 0.15) is 6.54 Å². The number of benzene rings is 2. The van der Waals surface area contributed by atoms with Crippen LogP contribution in [0.4, 0.5) is 0 Å². The highest BCUT2D eigenvalue weighted by molar-refractivity contribution is 5.97. The van der Waals surface area contributed by atoms with Gasteiger partial charge in [0.05, 0.1) is 17.1 Å². The van der Waals surface area contributed by atoms with Crippen LogP contribution in [-0.4, -0.2) is 26.5 Å². The Bertz CT molecular complexity index is 1030. The van der Waals surface area contributed by atoms with Crippen molar-refractivity contribution >= 4 is 16.9 Å². The van der Waals surface area contributed by atoms with Crippen LogP contribution in [0.2, 0.25) is 0 Å². The van der Waals surface area contributed by atoms with Crippen molar-refractivity contribution < 1.29 is 4.79 Å². The van der Waals surface area contributed by atoms with Gasteiger partial charge in [0.25, 0.3) is 5.91 Å². The predicted molar refractivity (Wildman–Crippen MR) is 95.0 cm³/mol. The normalized spacial score (nSPS) is 10.6. The molecule has 2 aromatic carbocycles. The fourth-order valence-corrected chi connectivity index (χ4v) is 2.91. The number of carbonyl (C=O) groups excluding carboxylic acids is 1. The summed E-state index contributed by atoms with van der Waals surface area (Å²) in [7, 11) is 3.37. The molecule has 0 saturated carbocycles. The number of hydrogen-bond donors (Lipinski definition) is 0. The zero-order valence-electron chi connectivity index (χ0n) is 14.1. The van der Waals surface area contributed by atoms with Crippen LogP contribution in [0.3, 0.4) is 0 Å². The molecular formula is C19H18N4O2. The van der Waals surface area contributed by atoms with E-state index in [2.05, 4.69) is 0 Å². The summed E-state index contributed by atoms with van der Waals surface area (Å²) in [5.74, 6) is -0.233. The second kappa shape index (κ2) is 6.65. The third-order valence-electron chi connectivity index (χ3n) is 4.28. The predicted octanol–water partition coefficient (Wildman–Crippen LogP) is 2.04. The lowest BCUT2D eigenvalue weighted by Crippen LogP contribution is -2.31. The number of nitrogens with zero attached hydrogens (tertiary/aromatic N) is 4. The molecule has 0 bridgehead atoms. The second-order valence-electron chi connectivity index (χ2n) is 5.91. The quantitative estimate of drug-likeness (QED) is 0.686. The number of aromatic nitrogens is 2. The molecule has 0 aliphatic carbocycles. The number of hydrogen-bond acceptors (Lipinski definition) is 3. The van der Waals surface area contributed by atoms with Gasteiger partial charge in [0, 0.05) is 26.2 Å². The summed E-state index contributed by atoms with van der Waals surface area (Å²) in [6.07, 6.45) is 0. The average Bonchev–Trinajstić information content (AvgIpc) is 2.85. The summed E-state index contributed by atoms with van der Waals surface area (Å²) in [6.45, 7) is 0.360. The summed E-state index contributed by atoms with van der Waals surface area (Å²) < 4.78 is 3.05. The van der Waals surface area contributed by atoms with Crippen LogP contribution in [0.25, 0.3) is 11.0 Å². The molecule has 1 aromatic heterocycles. The average molecular weight is 334 g/mol. The molecule has 0 spiro atoms. The van der Waals surface area contributed by atoms with Crippen molar-refractivity contribution in [3.8, 4) is 6.07 Å². The number of rotatable bonds is 4. The summed E-state index contributed by atoms with van der Waals surface area (Å²) >= 11 is 0. The molecule has 6 nitrogen and oxygen atoms in total. The van der Waals surface area contributed by atoms with E-state index in [4.69, 9.17) is 5.26 Å². The molecule has 0 atom stereocenters. The van der Waals surface area contributed by atoms with E-state index in [1.807, 2.05) is 36.4 Å². The van der Waals surface area contributed by atoms with Gasteiger partial charge in [-0.15, -0.1) is 0 Å². The molecule has 3 aromatic rings. The van der Waals surface area contributed by atoms with Gasteiger partial charge >= 0.3 is 5.69 Å². The van der Waals surface area contributed by atoms with Crippen molar-refractivity contribution in [1.82, 2.24) is 14.0 Å². The van der Waals surface area contributed by atoms with E-state index in [9.17, 15) is 9.59 Å². The summed E-state index contributed by atoms with van der Waals surface area (Å²) in [6, 6.07) is 16.7. The minimum absolute atomic E-state index is 0.000511. The minimum atomic E-state index is -0.233. The molecule has 1 amide bonds. The van der Waals surface area contributed by atoms with Crippen LogP contribution in [0.5, 0.6) is 0 Å². The summed E-state index contributed by atoms with van der Waals surface area (Å²) in [4.78, 5) is 26.4. The van der Waals surface area contributed by atoms with Crippen molar-refractivity contribution in [2.24, 2.45) is 14.1 Å². The van der Waals surface area contributed by atoms with Crippen LogP contribution in [0.1, 0.15) is 15.9 Å². The maximum absolute atomic E-state index is 12.9. The van der Waals surface area contributed by atoms with E-state index in [1.54, 1.807) is 36.9 Å². The summed E-state index contributed by atoms with van der Waals surface area (Å²) in [5, 5.41) is 9.07. The van der Waals surface area contributed by atoms with Gasteiger partial charge in [0.2, 0.25) is 0 Å².